The Bertz CT molecular complexity index is 1070. The van der Waals surface area contributed by atoms with Crippen molar-refractivity contribution >= 4 is 29.1 Å². The number of carbonyl (C=O) groups is 2. The maximum Gasteiger partial charge on any atom is 0.225 e. The molecule has 5 rings (SSSR count). The number of nitrogens with one attached hydrogen (secondary N) is 1. The Morgan fingerprint density at radius 3 is 2.88 bits per heavy atom. The van der Waals surface area contributed by atoms with Crippen molar-refractivity contribution in [1.29, 1.82) is 0 Å². The molecule has 2 aromatic rings. The molecule has 3 unspecified atom stereocenters. The SMILES string of the molecule is Cc1ccc(NC(=O)CCC[C@@H]2CC(=O)[C@@]3(C)CCC4c5ccc(Cl)cc5CCC4C23)nc1. The first kappa shape index (κ1) is 22.6. The van der Waals surface area contributed by atoms with E-state index in [1.54, 1.807) is 6.20 Å². The average molecular weight is 465 g/mol. The van der Waals surface area contributed by atoms with Crippen LogP contribution in [-0.2, 0) is 16.0 Å². The lowest BCUT2D eigenvalue weighted by molar-refractivity contribution is -0.129. The highest BCUT2D eigenvalue weighted by atomic mass is 35.5. The highest BCUT2D eigenvalue weighted by Gasteiger charge is 2.58. The van der Waals surface area contributed by atoms with Gasteiger partial charge in [0.25, 0.3) is 0 Å². The average Bonchev–Trinajstić information content (AvgIpc) is 3.05. The van der Waals surface area contributed by atoms with Crippen molar-refractivity contribution in [3.8, 4) is 0 Å². The Labute approximate surface area is 201 Å². The number of aromatic nitrogens is 1. The molecule has 1 amide bonds. The van der Waals surface area contributed by atoms with E-state index < -0.39 is 0 Å². The number of carbonyl (C=O) groups excluding carboxylic acids is 2. The van der Waals surface area contributed by atoms with E-state index in [0.717, 1.165) is 49.1 Å². The molecular formula is C28H33ClN2O2. The molecule has 33 heavy (non-hydrogen) atoms. The predicted molar refractivity (Wildman–Crippen MR) is 131 cm³/mol. The van der Waals surface area contributed by atoms with Crippen LogP contribution in [0, 0.1) is 30.1 Å². The third-order valence-corrected chi connectivity index (χ3v) is 8.93. The molecule has 2 fully saturated rings. The summed E-state index contributed by atoms with van der Waals surface area (Å²) in [6, 6.07) is 10.2. The third kappa shape index (κ3) is 4.23. The molecule has 4 nitrogen and oxygen atoms in total. The van der Waals surface area contributed by atoms with Crippen LogP contribution in [0.5, 0.6) is 0 Å². The molecule has 1 N–H and O–H groups in total. The van der Waals surface area contributed by atoms with Crippen molar-refractivity contribution in [2.24, 2.45) is 23.2 Å². The van der Waals surface area contributed by atoms with Crippen molar-refractivity contribution in [3.63, 3.8) is 0 Å². The first-order valence-corrected chi connectivity index (χ1v) is 12.8. The van der Waals surface area contributed by atoms with Crippen LogP contribution in [-0.4, -0.2) is 16.7 Å². The van der Waals surface area contributed by atoms with Gasteiger partial charge >= 0.3 is 0 Å². The van der Waals surface area contributed by atoms with Crippen LogP contribution in [0.15, 0.2) is 36.5 Å². The zero-order chi connectivity index (χ0) is 23.2. The van der Waals surface area contributed by atoms with Crippen LogP contribution >= 0.6 is 11.6 Å². The zero-order valence-corrected chi connectivity index (χ0v) is 20.3. The first-order chi connectivity index (χ1) is 15.8. The van der Waals surface area contributed by atoms with Gasteiger partial charge in [-0.25, -0.2) is 4.98 Å². The smallest absolute Gasteiger partial charge is 0.225 e. The minimum absolute atomic E-state index is 0.00318. The van der Waals surface area contributed by atoms with Gasteiger partial charge in [-0.2, -0.15) is 0 Å². The normalized spacial score (nSPS) is 30.3. The maximum atomic E-state index is 13.2. The van der Waals surface area contributed by atoms with Gasteiger partial charge in [0, 0.05) is 29.5 Å². The molecule has 1 heterocycles. The number of hydrogen-bond acceptors (Lipinski definition) is 3. The van der Waals surface area contributed by atoms with Gasteiger partial charge in [0.15, 0.2) is 0 Å². The zero-order valence-electron chi connectivity index (χ0n) is 19.6. The molecule has 0 saturated heterocycles. The monoisotopic (exact) mass is 464 g/mol. The summed E-state index contributed by atoms with van der Waals surface area (Å²) in [5.41, 5.74) is 3.74. The van der Waals surface area contributed by atoms with E-state index in [9.17, 15) is 9.59 Å². The van der Waals surface area contributed by atoms with Crippen LogP contribution in [0.4, 0.5) is 5.82 Å². The van der Waals surface area contributed by atoms with Gasteiger partial charge in [0.2, 0.25) is 5.91 Å². The largest absolute Gasteiger partial charge is 0.311 e. The fraction of sp³-hybridized carbons (Fsp3) is 0.536. The fourth-order valence-corrected chi connectivity index (χ4v) is 7.34. The number of rotatable bonds is 5. The number of halogens is 1. The standard InChI is InChI=1S/C28H33ClN2O2/c1-17-6-11-25(30-16-17)31-26(33)5-3-4-19-15-24(32)28(2)13-12-22-21-10-8-20(29)14-18(21)7-9-23(22)27(19)28/h6,8,10-11,14,16,19,22-23,27H,3-5,7,9,12-13,15H2,1-2H3,(H,30,31,33)/t19-,22?,23?,27?,28-/m1/s1. The molecule has 1 aromatic heterocycles. The predicted octanol–water partition coefficient (Wildman–Crippen LogP) is 6.50. The summed E-state index contributed by atoms with van der Waals surface area (Å²) in [6.07, 6.45) is 8.93. The molecule has 5 atom stereocenters. The number of anilines is 1. The number of benzene rings is 1. The second kappa shape index (κ2) is 8.87. The van der Waals surface area contributed by atoms with E-state index in [0.29, 0.717) is 48.1 Å². The van der Waals surface area contributed by atoms with Gasteiger partial charge in [0.1, 0.15) is 11.6 Å². The summed E-state index contributed by atoms with van der Waals surface area (Å²) in [7, 11) is 0. The van der Waals surface area contributed by atoms with E-state index in [4.69, 9.17) is 11.6 Å². The third-order valence-electron chi connectivity index (χ3n) is 8.69. The van der Waals surface area contributed by atoms with E-state index in [-0.39, 0.29) is 11.3 Å². The fourth-order valence-electron chi connectivity index (χ4n) is 7.15. The van der Waals surface area contributed by atoms with E-state index in [2.05, 4.69) is 29.4 Å². The highest BCUT2D eigenvalue weighted by molar-refractivity contribution is 6.30. The molecule has 0 aliphatic heterocycles. The van der Waals surface area contributed by atoms with Gasteiger partial charge in [-0.05, 0) is 104 Å². The van der Waals surface area contributed by atoms with Crippen molar-refractivity contribution in [2.75, 3.05) is 5.32 Å². The van der Waals surface area contributed by atoms with Crippen LogP contribution in [0.25, 0.3) is 0 Å². The van der Waals surface area contributed by atoms with Crippen LogP contribution in [0.2, 0.25) is 5.02 Å². The molecule has 0 spiro atoms. The molecule has 5 heteroatoms. The summed E-state index contributed by atoms with van der Waals surface area (Å²) in [5.74, 6) is 2.96. The number of pyridine rings is 1. The Morgan fingerprint density at radius 2 is 2.09 bits per heavy atom. The summed E-state index contributed by atoms with van der Waals surface area (Å²) >= 11 is 6.26. The quantitative estimate of drug-likeness (QED) is 0.549. The van der Waals surface area contributed by atoms with Gasteiger partial charge in [-0.1, -0.05) is 30.7 Å². The molecule has 0 bridgehead atoms. The van der Waals surface area contributed by atoms with Gasteiger partial charge < -0.3 is 5.32 Å². The number of nitrogens with zero attached hydrogens (tertiary/aromatic N) is 1. The topological polar surface area (TPSA) is 59.1 Å². The lowest BCUT2D eigenvalue weighted by Gasteiger charge is -2.50. The lowest BCUT2D eigenvalue weighted by atomic mass is 9.54. The summed E-state index contributed by atoms with van der Waals surface area (Å²) in [4.78, 5) is 29.9. The number of hydrogen-bond donors (Lipinski definition) is 1. The Kier molecular flexibility index (Phi) is 6.07. The molecule has 1 aromatic carbocycles. The molecule has 3 aliphatic carbocycles. The van der Waals surface area contributed by atoms with Crippen molar-refractivity contribution < 1.29 is 9.59 Å². The van der Waals surface area contributed by atoms with E-state index in [1.807, 2.05) is 25.1 Å². The second-order valence-corrected chi connectivity index (χ2v) is 11.1. The van der Waals surface area contributed by atoms with Crippen molar-refractivity contribution in [1.82, 2.24) is 4.98 Å². The Balaban J connectivity index is 1.26. The maximum absolute atomic E-state index is 13.2. The number of amides is 1. The lowest BCUT2D eigenvalue weighted by Crippen LogP contribution is -2.44. The van der Waals surface area contributed by atoms with Crippen molar-refractivity contribution in [3.05, 3.63) is 58.2 Å². The van der Waals surface area contributed by atoms with Crippen molar-refractivity contribution in [2.45, 2.75) is 71.1 Å². The molecule has 3 aliphatic rings. The summed E-state index contributed by atoms with van der Waals surface area (Å²) in [6.45, 7) is 4.20. The molecule has 174 valence electrons. The molecular weight excluding hydrogens is 432 g/mol. The number of ketones is 1. The summed E-state index contributed by atoms with van der Waals surface area (Å²) in [5, 5.41) is 3.72. The Morgan fingerprint density at radius 1 is 1.24 bits per heavy atom. The minimum Gasteiger partial charge on any atom is -0.311 e. The van der Waals surface area contributed by atoms with Crippen LogP contribution < -0.4 is 5.32 Å². The van der Waals surface area contributed by atoms with Crippen LogP contribution in [0.1, 0.15) is 74.5 Å². The Hall–Kier alpha value is -2.20. The van der Waals surface area contributed by atoms with Crippen LogP contribution in [0.3, 0.4) is 0 Å². The summed E-state index contributed by atoms with van der Waals surface area (Å²) < 4.78 is 0. The second-order valence-electron chi connectivity index (χ2n) is 10.7. The number of fused-ring (bicyclic) bond motifs is 5. The van der Waals surface area contributed by atoms with Gasteiger partial charge in [0.05, 0.1) is 0 Å². The first-order valence-electron chi connectivity index (χ1n) is 12.4. The van der Waals surface area contributed by atoms with E-state index in [1.165, 1.54) is 11.1 Å². The van der Waals surface area contributed by atoms with E-state index >= 15 is 0 Å². The number of aryl methyl sites for hydroxylation is 2. The minimum atomic E-state index is -0.191. The number of Topliss-reactive ketones (excluding diaryl/α,β-unsaturated/α-hetero) is 1. The molecule has 0 radical (unpaired) electrons. The molecule has 2 saturated carbocycles. The van der Waals surface area contributed by atoms with Gasteiger partial charge in [-0.15, -0.1) is 0 Å². The van der Waals surface area contributed by atoms with Gasteiger partial charge in [-0.3, -0.25) is 9.59 Å². The highest BCUT2D eigenvalue weighted by Crippen LogP contribution is 2.62.